The summed E-state index contributed by atoms with van der Waals surface area (Å²) in [6.07, 6.45) is 2.63. The van der Waals surface area contributed by atoms with Crippen molar-refractivity contribution in [2.24, 2.45) is 0 Å². The highest BCUT2D eigenvalue weighted by Crippen LogP contribution is 2.23. The standard InChI is InChI=1S/C22H19F2N3O4/c1-31-15-6-4-13(5-7-15)14-3-2-10-26(11-14)18(28)12-27-21(29)19-17(25-22(27)30)9-8-16(23)20(19)24/h3-9H,2,10-12H2,1H3,(H,25,30). The predicted molar refractivity (Wildman–Crippen MR) is 111 cm³/mol. The second-order valence-corrected chi connectivity index (χ2v) is 7.17. The largest absolute Gasteiger partial charge is 0.497 e. The first kappa shape index (κ1) is 20.5. The Labute approximate surface area is 175 Å². The molecule has 0 radical (unpaired) electrons. The number of fused-ring (bicyclic) bond motifs is 1. The Morgan fingerprint density at radius 2 is 1.87 bits per heavy atom. The van der Waals surface area contributed by atoms with E-state index in [1.165, 1.54) is 4.90 Å². The van der Waals surface area contributed by atoms with E-state index in [0.29, 0.717) is 29.8 Å². The van der Waals surface area contributed by atoms with Crippen LogP contribution >= 0.6 is 0 Å². The molecule has 1 N–H and O–H groups in total. The van der Waals surface area contributed by atoms with Crippen molar-refractivity contribution in [2.75, 3.05) is 20.2 Å². The second-order valence-electron chi connectivity index (χ2n) is 7.17. The Balaban J connectivity index is 1.59. The summed E-state index contributed by atoms with van der Waals surface area (Å²) in [5.41, 5.74) is -0.182. The summed E-state index contributed by atoms with van der Waals surface area (Å²) in [7, 11) is 1.58. The normalized spacial score (nSPS) is 13.9. The first-order chi connectivity index (χ1) is 14.9. The molecule has 0 unspecified atom stereocenters. The van der Waals surface area contributed by atoms with Crippen LogP contribution in [0.1, 0.15) is 12.0 Å². The third-order valence-corrected chi connectivity index (χ3v) is 5.30. The van der Waals surface area contributed by atoms with Gasteiger partial charge in [-0.25, -0.2) is 13.6 Å². The minimum Gasteiger partial charge on any atom is -0.497 e. The number of rotatable bonds is 4. The monoisotopic (exact) mass is 427 g/mol. The maximum absolute atomic E-state index is 14.1. The highest BCUT2D eigenvalue weighted by molar-refractivity contribution is 5.81. The smallest absolute Gasteiger partial charge is 0.329 e. The van der Waals surface area contributed by atoms with Gasteiger partial charge in [-0.1, -0.05) is 18.2 Å². The third kappa shape index (κ3) is 3.86. The lowest BCUT2D eigenvalue weighted by Gasteiger charge is -2.28. The molecule has 9 heteroatoms. The molecule has 3 aromatic rings. The lowest BCUT2D eigenvalue weighted by molar-refractivity contribution is -0.131. The summed E-state index contributed by atoms with van der Waals surface area (Å²) >= 11 is 0. The highest BCUT2D eigenvalue weighted by Gasteiger charge is 2.22. The molecule has 0 bridgehead atoms. The molecule has 0 spiro atoms. The van der Waals surface area contributed by atoms with Gasteiger partial charge in [0.05, 0.1) is 12.6 Å². The van der Waals surface area contributed by atoms with Crippen LogP contribution in [0.3, 0.4) is 0 Å². The molecular formula is C22H19F2N3O4. The van der Waals surface area contributed by atoms with Crippen molar-refractivity contribution >= 4 is 22.4 Å². The lowest BCUT2D eigenvalue weighted by Crippen LogP contribution is -2.44. The number of hydrogen-bond acceptors (Lipinski definition) is 4. The SMILES string of the molecule is COc1ccc(C2=CCCN(C(=O)Cn3c(=O)[nH]c4ccc(F)c(F)c4c3=O)C2)cc1. The van der Waals surface area contributed by atoms with Crippen molar-refractivity contribution in [3.63, 3.8) is 0 Å². The number of benzene rings is 2. The minimum atomic E-state index is -1.36. The summed E-state index contributed by atoms with van der Waals surface area (Å²) in [5.74, 6) is -2.32. The molecule has 4 rings (SSSR count). The van der Waals surface area contributed by atoms with Crippen LogP contribution < -0.4 is 16.0 Å². The summed E-state index contributed by atoms with van der Waals surface area (Å²) in [6.45, 7) is 0.145. The van der Waals surface area contributed by atoms with Gasteiger partial charge in [0.2, 0.25) is 5.91 Å². The van der Waals surface area contributed by atoms with Gasteiger partial charge in [0.25, 0.3) is 5.56 Å². The lowest BCUT2D eigenvalue weighted by atomic mass is 10.0. The first-order valence-corrected chi connectivity index (χ1v) is 9.61. The quantitative estimate of drug-likeness (QED) is 0.693. The van der Waals surface area contributed by atoms with E-state index in [-0.39, 0.29) is 5.52 Å². The van der Waals surface area contributed by atoms with Crippen LogP contribution in [0.2, 0.25) is 0 Å². The van der Waals surface area contributed by atoms with Crippen LogP contribution in [0.25, 0.3) is 16.5 Å². The van der Waals surface area contributed by atoms with Gasteiger partial charge in [-0.3, -0.25) is 14.2 Å². The average Bonchev–Trinajstić information content (AvgIpc) is 2.79. The number of aromatic amines is 1. The van der Waals surface area contributed by atoms with E-state index >= 15 is 0 Å². The van der Waals surface area contributed by atoms with Crippen molar-refractivity contribution in [3.05, 3.63) is 80.5 Å². The van der Waals surface area contributed by atoms with E-state index in [9.17, 15) is 23.2 Å². The maximum Gasteiger partial charge on any atom is 0.329 e. The van der Waals surface area contributed by atoms with Gasteiger partial charge < -0.3 is 14.6 Å². The Kier molecular flexibility index (Phi) is 5.41. The molecule has 1 aliphatic heterocycles. The fourth-order valence-electron chi connectivity index (χ4n) is 3.62. The number of H-pyrrole nitrogens is 1. The van der Waals surface area contributed by atoms with Crippen LogP contribution in [0, 0.1) is 11.6 Å². The predicted octanol–water partition coefficient (Wildman–Crippen LogP) is 2.29. The topological polar surface area (TPSA) is 84.4 Å². The molecule has 31 heavy (non-hydrogen) atoms. The van der Waals surface area contributed by atoms with E-state index < -0.39 is 40.7 Å². The molecule has 2 heterocycles. The molecular weight excluding hydrogens is 408 g/mol. The van der Waals surface area contributed by atoms with Gasteiger partial charge in [0.15, 0.2) is 11.6 Å². The summed E-state index contributed by atoms with van der Waals surface area (Å²) in [4.78, 5) is 41.6. The first-order valence-electron chi connectivity index (χ1n) is 9.61. The van der Waals surface area contributed by atoms with Crippen LogP contribution in [0.5, 0.6) is 5.75 Å². The molecule has 0 fully saturated rings. The van der Waals surface area contributed by atoms with Crippen molar-refractivity contribution in [1.82, 2.24) is 14.5 Å². The Bertz CT molecular complexity index is 1310. The van der Waals surface area contributed by atoms with E-state index in [1.807, 2.05) is 30.3 Å². The van der Waals surface area contributed by atoms with Crippen LogP contribution in [-0.4, -0.2) is 40.6 Å². The van der Waals surface area contributed by atoms with Crippen molar-refractivity contribution in [2.45, 2.75) is 13.0 Å². The van der Waals surface area contributed by atoms with Gasteiger partial charge in [0, 0.05) is 13.1 Å². The minimum absolute atomic E-state index is 0.125. The third-order valence-electron chi connectivity index (χ3n) is 5.30. The number of nitrogens with zero attached hydrogens (tertiary/aromatic N) is 2. The summed E-state index contributed by atoms with van der Waals surface area (Å²) < 4.78 is 33.4. The molecule has 0 aliphatic carbocycles. The highest BCUT2D eigenvalue weighted by atomic mass is 19.2. The number of halogens is 2. The number of methoxy groups -OCH3 is 1. The molecule has 0 saturated heterocycles. The molecule has 1 aromatic heterocycles. The van der Waals surface area contributed by atoms with Gasteiger partial charge in [-0.15, -0.1) is 0 Å². The van der Waals surface area contributed by atoms with E-state index in [2.05, 4.69) is 4.98 Å². The van der Waals surface area contributed by atoms with Crippen LogP contribution in [0.15, 0.2) is 52.1 Å². The van der Waals surface area contributed by atoms with Crippen molar-refractivity contribution < 1.29 is 18.3 Å². The van der Waals surface area contributed by atoms with Gasteiger partial charge >= 0.3 is 5.69 Å². The Morgan fingerprint density at radius 1 is 1.13 bits per heavy atom. The number of amides is 1. The number of ether oxygens (including phenoxy) is 1. The number of nitrogens with one attached hydrogen (secondary N) is 1. The molecule has 7 nitrogen and oxygen atoms in total. The van der Waals surface area contributed by atoms with Crippen LogP contribution in [-0.2, 0) is 11.3 Å². The fraction of sp³-hybridized carbons (Fsp3) is 0.227. The second kappa shape index (κ2) is 8.17. The number of carbonyl (C=O) groups excluding carboxylic acids is 1. The molecule has 1 aliphatic rings. The number of aromatic nitrogens is 2. The zero-order valence-corrected chi connectivity index (χ0v) is 16.7. The Morgan fingerprint density at radius 3 is 2.58 bits per heavy atom. The molecule has 2 aromatic carbocycles. The van der Waals surface area contributed by atoms with Gasteiger partial charge in [-0.05, 0) is 41.8 Å². The number of carbonyl (C=O) groups is 1. The van der Waals surface area contributed by atoms with Crippen molar-refractivity contribution in [1.29, 1.82) is 0 Å². The molecule has 0 saturated carbocycles. The molecule has 1 amide bonds. The summed E-state index contributed by atoms with van der Waals surface area (Å²) in [6, 6.07) is 9.34. The Hall–Kier alpha value is -3.75. The fourth-order valence-corrected chi connectivity index (χ4v) is 3.62. The van der Waals surface area contributed by atoms with E-state index in [4.69, 9.17) is 4.74 Å². The average molecular weight is 427 g/mol. The zero-order valence-electron chi connectivity index (χ0n) is 16.7. The molecule has 160 valence electrons. The van der Waals surface area contributed by atoms with Gasteiger partial charge in [-0.2, -0.15) is 0 Å². The maximum atomic E-state index is 14.1. The van der Waals surface area contributed by atoms with E-state index in [0.717, 1.165) is 23.3 Å². The van der Waals surface area contributed by atoms with Crippen LogP contribution in [0.4, 0.5) is 8.78 Å². The van der Waals surface area contributed by atoms with Crippen molar-refractivity contribution in [3.8, 4) is 5.75 Å². The zero-order chi connectivity index (χ0) is 22.1. The molecule has 0 atom stereocenters. The van der Waals surface area contributed by atoms with E-state index in [1.54, 1.807) is 7.11 Å². The summed E-state index contributed by atoms with van der Waals surface area (Å²) in [5, 5.41) is -0.593. The number of hydrogen-bond donors (Lipinski definition) is 1. The van der Waals surface area contributed by atoms with Gasteiger partial charge in [0.1, 0.15) is 17.7 Å².